The summed E-state index contributed by atoms with van der Waals surface area (Å²) >= 11 is 0. The van der Waals surface area contributed by atoms with E-state index in [0.717, 1.165) is 34.8 Å². The van der Waals surface area contributed by atoms with E-state index in [0.29, 0.717) is 0 Å². The molecule has 0 aliphatic heterocycles. The maximum Gasteiger partial charge on any atom is 0.366 e. The van der Waals surface area contributed by atoms with Gasteiger partial charge in [-0.3, -0.25) is 4.52 Å². The van der Waals surface area contributed by atoms with E-state index in [2.05, 4.69) is 24.0 Å². The molecule has 18 heavy (non-hydrogen) atoms. The fraction of sp³-hybridized carbons (Fsp3) is 0.200. The molecule has 3 rings (SSSR count). The first-order valence-corrected chi connectivity index (χ1v) is 6.16. The predicted molar refractivity (Wildman–Crippen MR) is 69.2 cm³/mol. The van der Waals surface area contributed by atoms with Crippen molar-refractivity contribution in [1.29, 1.82) is 0 Å². The standard InChI is InChI=1S/C15H15N2O/c1-3-13-10-15-16-11(2)9-14(17(15)18-13)12-7-5-4-6-8-12/h4-10H,3H2,1-2H3/q+1. The molecule has 0 unspecified atom stereocenters. The van der Waals surface area contributed by atoms with E-state index < -0.39 is 0 Å². The van der Waals surface area contributed by atoms with Crippen molar-refractivity contribution in [1.82, 2.24) is 4.98 Å². The summed E-state index contributed by atoms with van der Waals surface area (Å²) in [6.07, 6.45) is 0.872. The van der Waals surface area contributed by atoms with E-state index in [4.69, 9.17) is 4.52 Å². The highest BCUT2D eigenvalue weighted by molar-refractivity contribution is 5.57. The lowest BCUT2D eigenvalue weighted by molar-refractivity contribution is -0.710. The molecule has 1 aromatic carbocycles. The van der Waals surface area contributed by atoms with Crippen LogP contribution in [0.5, 0.6) is 0 Å². The van der Waals surface area contributed by atoms with Crippen molar-refractivity contribution >= 4 is 5.65 Å². The van der Waals surface area contributed by atoms with Crippen LogP contribution in [0.25, 0.3) is 16.9 Å². The Morgan fingerprint density at radius 2 is 1.94 bits per heavy atom. The van der Waals surface area contributed by atoms with Crippen LogP contribution in [0.3, 0.4) is 0 Å². The van der Waals surface area contributed by atoms with Gasteiger partial charge in [-0.05, 0) is 9.56 Å². The summed E-state index contributed by atoms with van der Waals surface area (Å²) in [5.41, 5.74) is 4.04. The highest BCUT2D eigenvalue weighted by Crippen LogP contribution is 2.17. The molecule has 0 fully saturated rings. The fourth-order valence-electron chi connectivity index (χ4n) is 2.09. The fourth-order valence-corrected chi connectivity index (χ4v) is 2.09. The first kappa shape index (κ1) is 11.0. The minimum Gasteiger partial charge on any atom is -0.300 e. The van der Waals surface area contributed by atoms with Crippen LogP contribution in [0.2, 0.25) is 0 Å². The average molecular weight is 239 g/mol. The van der Waals surface area contributed by atoms with Gasteiger partial charge in [0.1, 0.15) is 0 Å². The monoisotopic (exact) mass is 239 g/mol. The molecule has 0 amide bonds. The lowest BCUT2D eigenvalue weighted by Crippen LogP contribution is -2.23. The molecular formula is C15H15N2O+. The molecule has 0 saturated heterocycles. The maximum atomic E-state index is 5.81. The molecule has 2 heterocycles. The lowest BCUT2D eigenvalue weighted by Gasteiger charge is -1.97. The Balaban J connectivity index is 2.30. The molecule has 0 bridgehead atoms. The summed E-state index contributed by atoms with van der Waals surface area (Å²) in [6, 6.07) is 14.3. The Morgan fingerprint density at radius 3 is 2.67 bits per heavy atom. The van der Waals surface area contributed by atoms with Crippen LogP contribution in [0.4, 0.5) is 0 Å². The summed E-state index contributed by atoms with van der Waals surface area (Å²) in [6.45, 7) is 4.08. The van der Waals surface area contributed by atoms with Crippen molar-refractivity contribution in [3.63, 3.8) is 0 Å². The molecule has 3 heteroatoms. The quantitative estimate of drug-likeness (QED) is 0.644. The molecule has 0 aliphatic carbocycles. The van der Waals surface area contributed by atoms with Gasteiger partial charge in [-0.2, -0.15) is 0 Å². The molecule has 0 atom stereocenters. The molecule has 0 spiro atoms. The van der Waals surface area contributed by atoms with E-state index in [1.807, 2.05) is 37.3 Å². The third-order valence-corrected chi connectivity index (χ3v) is 2.98. The third-order valence-electron chi connectivity index (χ3n) is 2.98. The van der Waals surface area contributed by atoms with Gasteiger partial charge in [0.05, 0.1) is 6.07 Å². The van der Waals surface area contributed by atoms with Crippen LogP contribution < -0.4 is 4.57 Å². The van der Waals surface area contributed by atoms with Gasteiger partial charge in [0, 0.05) is 25.0 Å². The number of benzene rings is 1. The Morgan fingerprint density at radius 1 is 1.17 bits per heavy atom. The van der Waals surface area contributed by atoms with Gasteiger partial charge in [-0.25, -0.2) is 0 Å². The second kappa shape index (κ2) is 4.26. The average Bonchev–Trinajstić information content (AvgIpc) is 2.81. The van der Waals surface area contributed by atoms with E-state index in [1.54, 1.807) is 4.57 Å². The summed E-state index contributed by atoms with van der Waals surface area (Å²) in [5.74, 6) is 0.949. The zero-order chi connectivity index (χ0) is 12.5. The number of fused-ring (bicyclic) bond motifs is 1. The van der Waals surface area contributed by atoms with Crippen molar-refractivity contribution in [2.75, 3.05) is 0 Å². The van der Waals surface area contributed by atoms with E-state index in [9.17, 15) is 0 Å². The molecular weight excluding hydrogens is 224 g/mol. The highest BCUT2D eigenvalue weighted by atomic mass is 16.5. The van der Waals surface area contributed by atoms with Gasteiger partial charge >= 0.3 is 5.65 Å². The zero-order valence-corrected chi connectivity index (χ0v) is 10.6. The van der Waals surface area contributed by atoms with Gasteiger partial charge in [-0.15, -0.1) is 0 Å². The van der Waals surface area contributed by atoms with Gasteiger partial charge in [-0.1, -0.05) is 37.3 Å². The molecule has 0 aliphatic rings. The first-order chi connectivity index (χ1) is 8.78. The van der Waals surface area contributed by atoms with Crippen LogP contribution in [-0.2, 0) is 6.42 Å². The number of hydrogen-bond acceptors (Lipinski definition) is 2. The molecule has 2 aromatic heterocycles. The van der Waals surface area contributed by atoms with Crippen LogP contribution >= 0.6 is 0 Å². The van der Waals surface area contributed by atoms with Crippen LogP contribution in [0.15, 0.2) is 47.0 Å². The second-order valence-corrected chi connectivity index (χ2v) is 4.36. The van der Waals surface area contributed by atoms with Crippen molar-refractivity contribution in [2.45, 2.75) is 20.3 Å². The van der Waals surface area contributed by atoms with Crippen LogP contribution in [-0.4, -0.2) is 4.98 Å². The Kier molecular flexibility index (Phi) is 2.59. The Labute approximate surface area is 106 Å². The maximum absolute atomic E-state index is 5.81. The van der Waals surface area contributed by atoms with Crippen molar-refractivity contribution in [3.05, 3.63) is 53.9 Å². The number of hydrogen-bond donors (Lipinski definition) is 0. The first-order valence-electron chi connectivity index (χ1n) is 6.16. The summed E-state index contributed by atoms with van der Waals surface area (Å²) in [4.78, 5) is 4.50. The molecule has 0 radical (unpaired) electrons. The SMILES string of the molecule is CCc1cc2nc(C)cc(-c3ccccc3)[n+]2o1. The second-order valence-electron chi connectivity index (χ2n) is 4.36. The van der Waals surface area contributed by atoms with E-state index in [-0.39, 0.29) is 0 Å². The number of aryl methyl sites for hydroxylation is 2. The van der Waals surface area contributed by atoms with E-state index in [1.165, 1.54) is 0 Å². The molecule has 0 N–H and O–H groups in total. The molecule has 3 nitrogen and oxygen atoms in total. The van der Waals surface area contributed by atoms with Gasteiger partial charge in [0.15, 0.2) is 17.1 Å². The normalized spacial score (nSPS) is 11.0. The van der Waals surface area contributed by atoms with E-state index >= 15 is 0 Å². The van der Waals surface area contributed by atoms with Gasteiger partial charge in [0.25, 0.3) is 0 Å². The highest BCUT2D eigenvalue weighted by Gasteiger charge is 2.18. The van der Waals surface area contributed by atoms with Crippen molar-refractivity contribution < 1.29 is 9.10 Å². The largest absolute Gasteiger partial charge is 0.366 e. The van der Waals surface area contributed by atoms with Gasteiger partial charge in [0.2, 0.25) is 0 Å². The Bertz CT molecular complexity index is 686. The Hall–Kier alpha value is -2.16. The van der Waals surface area contributed by atoms with Crippen LogP contribution in [0, 0.1) is 6.92 Å². The topological polar surface area (TPSA) is 30.1 Å². The summed E-state index contributed by atoms with van der Waals surface area (Å²) in [5, 5.41) is 0. The number of nitrogens with zero attached hydrogens (tertiary/aromatic N) is 2. The zero-order valence-electron chi connectivity index (χ0n) is 10.6. The number of rotatable bonds is 2. The summed E-state index contributed by atoms with van der Waals surface area (Å²) < 4.78 is 7.62. The smallest absolute Gasteiger partial charge is 0.300 e. The minimum atomic E-state index is 0.866. The molecule has 0 saturated carbocycles. The summed E-state index contributed by atoms with van der Waals surface area (Å²) in [7, 11) is 0. The molecule has 90 valence electrons. The van der Waals surface area contributed by atoms with Crippen LogP contribution in [0.1, 0.15) is 18.4 Å². The lowest BCUT2D eigenvalue weighted by atomic mass is 10.1. The molecule has 3 aromatic rings. The third kappa shape index (κ3) is 1.78. The minimum absolute atomic E-state index is 0.866. The van der Waals surface area contributed by atoms with Crippen molar-refractivity contribution in [3.8, 4) is 11.3 Å². The number of aromatic nitrogens is 2. The van der Waals surface area contributed by atoms with Crippen molar-refractivity contribution in [2.24, 2.45) is 0 Å². The predicted octanol–water partition coefficient (Wildman–Crippen LogP) is 2.95. The van der Waals surface area contributed by atoms with Gasteiger partial charge < -0.3 is 0 Å².